The van der Waals surface area contributed by atoms with Gasteiger partial charge in [0.2, 0.25) is 0 Å². The van der Waals surface area contributed by atoms with Crippen molar-refractivity contribution in [2.45, 2.75) is 25.7 Å². The van der Waals surface area contributed by atoms with Crippen molar-refractivity contribution in [3.63, 3.8) is 0 Å². The molecule has 0 aliphatic rings. The first kappa shape index (κ1) is 18.2. The van der Waals surface area contributed by atoms with Crippen LogP contribution in [0.1, 0.15) is 36.8 Å². The van der Waals surface area contributed by atoms with E-state index < -0.39 is 0 Å². The topological polar surface area (TPSA) is 42.9 Å². The molecule has 7 heteroatoms. The van der Waals surface area contributed by atoms with Gasteiger partial charge >= 0.3 is 0 Å². The molecule has 2 aromatic heterocycles. The largest absolute Gasteiger partial charge is 0.298 e. The van der Waals surface area contributed by atoms with Crippen LogP contribution in [0.25, 0.3) is 20.4 Å². The first-order valence-corrected chi connectivity index (χ1v) is 11.3. The van der Waals surface area contributed by atoms with E-state index in [2.05, 4.69) is 54.0 Å². The molecule has 0 radical (unpaired) electrons. The molecule has 0 aliphatic heterocycles. The van der Waals surface area contributed by atoms with Crippen LogP contribution in [0.5, 0.6) is 0 Å². The predicted molar refractivity (Wildman–Crippen MR) is 116 cm³/mol. The third-order valence-corrected chi connectivity index (χ3v) is 7.57. The zero-order valence-corrected chi connectivity index (χ0v) is 18.8. The highest BCUT2D eigenvalue weighted by atomic mass is 79.9. The molecule has 2 heterocycles. The van der Waals surface area contributed by atoms with Crippen LogP contribution in [0.15, 0.2) is 44.2 Å². The molecule has 3 nitrogen and oxygen atoms in total. The average molecular weight is 510 g/mol. The molecule has 4 aromatic rings. The maximum absolute atomic E-state index is 13.1. The zero-order chi connectivity index (χ0) is 18.4. The van der Waals surface area contributed by atoms with Gasteiger partial charge in [-0.15, -0.1) is 22.7 Å². The summed E-state index contributed by atoms with van der Waals surface area (Å²) in [5.74, 6) is -0.116. The lowest BCUT2D eigenvalue weighted by Crippen LogP contribution is -2.16. The minimum Gasteiger partial charge on any atom is -0.298 e. The summed E-state index contributed by atoms with van der Waals surface area (Å²) in [6.45, 7) is 3.97. The van der Waals surface area contributed by atoms with Gasteiger partial charge in [-0.1, -0.05) is 26.0 Å². The number of benzene rings is 2. The first-order valence-electron chi connectivity index (χ1n) is 8.08. The molecule has 4 rings (SSSR count). The van der Waals surface area contributed by atoms with Gasteiger partial charge in [0.1, 0.15) is 5.78 Å². The second kappa shape index (κ2) is 7.11. The number of aromatic nitrogens is 2. The molecule has 0 amide bonds. The van der Waals surface area contributed by atoms with E-state index in [1.807, 2.05) is 38.1 Å². The minimum absolute atomic E-state index is 0.167. The average Bonchev–Trinajstić information content (AvgIpc) is 3.18. The fraction of sp³-hybridized carbons (Fsp3) is 0.211. The van der Waals surface area contributed by atoms with Crippen molar-refractivity contribution in [2.24, 2.45) is 0 Å². The molecule has 0 fully saturated rings. The van der Waals surface area contributed by atoms with Gasteiger partial charge in [-0.05, 0) is 67.3 Å². The van der Waals surface area contributed by atoms with E-state index >= 15 is 0 Å². The zero-order valence-electron chi connectivity index (χ0n) is 14.0. The minimum atomic E-state index is -0.167. The molecule has 0 aliphatic carbocycles. The highest BCUT2D eigenvalue weighted by Gasteiger charge is 2.24. The summed E-state index contributed by atoms with van der Waals surface area (Å²) in [6, 6.07) is 12.1. The number of ketones is 1. The van der Waals surface area contributed by atoms with Gasteiger partial charge in [0.05, 0.1) is 20.4 Å². The number of thiazole rings is 2. The quantitative estimate of drug-likeness (QED) is 0.300. The van der Waals surface area contributed by atoms with E-state index in [0.29, 0.717) is 0 Å². The Hall–Kier alpha value is -1.15. The summed E-state index contributed by atoms with van der Waals surface area (Å²) < 4.78 is 3.91. The number of hydrogen-bond acceptors (Lipinski definition) is 5. The highest BCUT2D eigenvalue weighted by molar-refractivity contribution is 9.11. The molecule has 0 saturated heterocycles. The Morgan fingerprint density at radius 3 is 1.69 bits per heavy atom. The molecule has 0 spiro atoms. The maximum atomic E-state index is 13.1. The first-order chi connectivity index (χ1) is 12.4. The molecule has 0 N–H and O–H groups in total. The van der Waals surface area contributed by atoms with Crippen molar-refractivity contribution in [1.29, 1.82) is 0 Å². The predicted octanol–water partition coefficient (Wildman–Crippen LogP) is 6.91. The number of hydrogen-bond donors (Lipinski definition) is 0. The Morgan fingerprint density at radius 2 is 1.27 bits per heavy atom. The smallest absolute Gasteiger partial charge is 0.160 e. The second-order valence-corrected chi connectivity index (χ2v) is 10.8. The van der Waals surface area contributed by atoms with E-state index in [1.165, 1.54) is 0 Å². The Morgan fingerprint density at radius 1 is 0.846 bits per heavy atom. The van der Waals surface area contributed by atoms with Crippen LogP contribution in [-0.4, -0.2) is 15.8 Å². The summed E-state index contributed by atoms with van der Waals surface area (Å²) in [4.78, 5) is 21.9. The third-order valence-electron chi connectivity index (χ3n) is 4.63. The van der Waals surface area contributed by atoms with E-state index in [4.69, 9.17) is 0 Å². The van der Waals surface area contributed by atoms with Crippen LogP contribution in [0, 0.1) is 0 Å². The lowest BCUT2D eigenvalue weighted by molar-refractivity contribution is -0.121. The Kier molecular flexibility index (Phi) is 4.98. The fourth-order valence-electron chi connectivity index (χ4n) is 3.07. The normalized spacial score (nSPS) is 14.0. The van der Waals surface area contributed by atoms with Crippen molar-refractivity contribution in [2.75, 3.05) is 0 Å². The van der Waals surface area contributed by atoms with E-state index in [9.17, 15) is 4.79 Å². The summed E-state index contributed by atoms with van der Waals surface area (Å²) in [5.41, 5.74) is 3.98. The number of rotatable bonds is 4. The maximum Gasteiger partial charge on any atom is 0.160 e. The van der Waals surface area contributed by atoms with Crippen LogP contribution in [0.2, 0.25) is 0 Å². The summed E-state index contributed by atoms with van der Waals surface area (Å²) in [5, 5.41) is 0. The SMILES string of the molecule is CC(C(=O)C(C)c1ccc2nc(Br)sc2c1)c1ccc2nc(Br)sc2c1. The number of Topliss-reactive ketones (excluding diaryl/α,β-unsaturated/α-hetero) is 1. The molecular formula is C19H14Br2N2OS2. The third kappa shape index (κ3) is 3.38. The molecule has 0 bridgehead atoms. The van der Waals surface area contributed by atoms with Gasteiger partial charge < -0.3 is 0 Å². The summed E-state index contributed by atoms with van der Waals surface area (Å²) in [7, 11) is 0. The molecular weight excluding hydrogens is 496 g/mol. The molecule has 132 valence electrons. The molecule has 26 heavy (non-hydrogen) atoms. The van der Waals surface area contributed by atoms with E-state index in [0.717, 1.165) is 39.4 Å². The summed E-state index contributed by atoms with van der Waals surface area (Å²) in [6.07, 6.45) is 0. The van der Waals surface area contributed by atoms with Crippen LogP contribution in [0.4, 0.5) is 0 Å². The van der Waals surface area contributed by atoms with Crippen LogP contribution >= 0.6 is 54.5 Å². The van der Waals surface area contributed by atoms with Crippen molar-refractivity contribution in [1.82, 2.24) is 9.97 Å². The fourth-order valence-corrected chi connectivity index (χ4v) is 5.97. The Bertz CT molecular complexity index is 1050. The highest BCUT2D eigenvalue weighted by Crippen LogP contribution is 2.33. The molecule has 2 aromatic carbocycles. The van der Waals surface area contributed by atoms with E-state index in [-0.39, 0.29) is 17.6 Å². The van der Waals surface area contributed by atoms with Crippen LogP contribution in [0.3, 0.4) is 0 Å². The van der Waals surface area contributed by atoms with Crippen molar-refractivity contribution < 1.29 is 4.79 Å². The molecule has 2 atom stereocenters. The number of carbonyl (C=O) groups is 1. The molecule has 0 saturated carbocycles. The van der Waals surface area contributed by atoms with Gasteiger partial charge in [-0.25, -0.2) is 9.97 Å². The Labute approximate surface area is 175 Å². The lowest BCUT2D eigenvalue weighted by atomic mass is 9.86. The standard InChI is InChI=1S/C19H14Br2N2OS2/c1-9(11-3-5-13-15(7-11)25-18(20)22-13)17(24)10(2)12-4-6-14-16(8-12)26-19(21)23-14/h3-10H,1-2H3. The monoisotopic (exact) mass is 508 g/mol. The van der Waals surface area contributed by atoms with Crippen molar-refractivity contribution >= 4 is 80.7 Å². The number of nitrogens with zero attached hydrogens (tertiary/aromatic N) is 2. The van der Waals surface area contributed by atoms with Gasteiger partial charge in [0.15, 0.2) is 7.83 Å². The number of fused-ring (bicyclic) bond motifs is 2. The van der Waals surface area contributed by atoms with Gasteiger partial charge in [-0.2, -0.15) is 0 Å². The number of carbonyl (C=O) groups excluding carboxylic acids is 1. The summed E-state index contributed by atoms with van der Waals surface area (Å²) >= 11 is 10.0. The van der Waals surface area contributed by atoms with E-state index in [1.54, 1.807) is 22.7 Å². The van der Waals surface area contributed by atoms with Gasteiger partial charge in [0.25, 0.3) is 0 Å². The number of halogens is 2. The molecule has 2 unspecified atom stereocenters. The van der Waals surface area contributed by atoms with Crippen LogP contribution < -0.4 is 0 Å². The lowest BCUT2D eigenvalue weighted by Gasteiger charge is -2.17. The van der Waals surface area contributed by atoms with Crippen molar-refractivity contribution in [3.8, 4) is 0 Å². The van der Waals surface area contributed by atoms with Crippen molar-refractivity contribution in [3.05, 3.63) is 55.4 Å². The Balaban J connectivity index is 1.62. The van der Waals surface area contributed by atoms with Gasteiger partial charge in [0, 0.05) is 11.8 Å². The van der Waals surface area contributed by atoms with Crippen LogP contribution in [-0.2, 0) is 4.79 Å². The van der Waals surface area contributed by atoms with Gasteiger partial charge in [-0.3, -0.25) is 4.79 Å². The second-order valence-electron chi connectivity index (χ2n) is 6.23.